The Bertz CT molecular complexity index is 1750. The molecule has 18 nitrogen and oxygen atoms in total. The van der Waals surface area contributed by atoms with Gasteiger partial charge >= 0.3 is 17.9 Å². The van der Waals surface area contributed by atoms with Crippen molar-refractivity contribution in [1.82, 2.24) is 29.9 Å². The van der Waals surface area contributed by atoms with Gasteiger partial charge in [0.2, 0.25) is 11.8 Å². The third-order valence-corrected chi connectivity index (χ3v) is 6.49. The van der Waals surface area contributed by atoms with E-state index in [0.717, 1.165) is 17.9 Å². The van der Waals surface area contributed by atoms with Crippen LogP contribution >= 0.6 is 15.9 Å². The number of carboxylic acids is 1. The number of hydrogen-bond donors (Lipinski definition) is 2. The number of H-pyrrole nitrogens is 1. The van der Waals surface area contributed by atoms with Crippen LogP contribution in [0.5, 0.6) is 11.8 Å². The Balaban J connectivity index is 0.000000762. The van der Waals surface area contributed by atoms with E-state index in [4.69, 9.17) is 24.1 Å². The number of carbonyl (C=O) groups excluding carboxylic acids is 5. The van der Waals surface area contributed by atoms with E-state index in [1.165, 1.54) is 51.8 Å². The number of aromatic amines is 1. The lowest BCUT2D eigenvalue weighted by Crippen LogP contribution is -2.24. The van der Waals surface area contributed by atoms with Crippen molar-refractivity contribution in [2.45, 2.75) is 112 Å². The lowest BCUT2D eigenvalue weighted by molar-refractivity contribution is -0.156. The summed E-state index contributed by atoms with van der Waals surface area (Å²) >= 11 is 3.25. The average molecular weight is 866 g/mol. The van der Waals surface area contributed by atoms with Crippen LogP contribution in [0.15, 0.2) is 42.0 Å². The molecule has 0 saturated carbocycles. The number of aromatic nitrogens is 6. The van der Waals surface area contributed by atoms with Crippen molar-refractivity contribution < 1.29 is 52.8 Å². The minimum absolute atomic E-state index is 0.0545. The molecule has 0 radical (unpaired) electrons. The van der Waals surface area contributed by atoms with Crippen LogP contribution in [0.25, 0.3) is 0 Å². The minimum atomic E-state index is -0.860. The predicted molar refractivity (Wildman–Crippen MR) is 211 cm³/mol. The number of carboxylic acid groups (broad SMARTS) is 1. The highest BCUT2D eigenvalue weighted by atomic mass is 79.9. The maximum Gasteiger partial charge on any atom is 0.306 e. The van der Waals surface area contributed by atoms with Gasteiger partial charge in [-0.25, -0.2) is 24.9 Å². The fourth-order valence-electron chi connectivity index (χ4n) is 3.47. The minimum Gasteiger partial charge on any atom is -0.481 e. The van der Waals surface area contributed by atoms with Crippen molar-refractivity contribution in [2.24, 2.45) is 0 Å². The molecule has 314 valence electrons. The van der Waals surface area contributed by atoms with Gasteiger partial charge in [0.25, 0.3) is 5.56 Å². The number of alkyl halides is 1. The second-order valence-electron chi connectivity index (χ2n) is 13.7. The highest BCUT2D eigenvalue weighted by molar-refractivity contribution is 9.09. The van der Waals surface area contributed by atoms with Crippen molar-refractivity contribution in [3.8, 4) is 11.8 Å². The molecule has 0 atom stereocenters. The zero-order valence-electron chi connectivity index (χ0n) is 33.9. The summed E-state index contributed by atoms with van der Waals surface area (Å²) < 4.78 is 20.7. The SMILES string of the molecule is CC(=O)c1c[nH]c(=O)cn1.CC(=O)c1cnc(OCCCC(=O)O)cn1.CC(=O)c1cnc(OCCCC(=O)OC(C)(C)C)cn1.CC(C)(C)OC(=O)CCCBr. The molecule has 2 N–H and O–H groups in total. The molecule has 0 aromatic carbocycles. The number of esters is 2. The third-order valence-electron chi connectivity index (χ3n) is 5.93. The molecule has 3 rings (SSSR count). The smallest absolute Gasteiger partial charge is 0.306 e. The topological polar surface area (TPSA) is 257 Å². The molecule has 0 aliphatic carbocycles. The molecule has 0 amide bonds. The molecular formula is C38H53BrN6O12. The number of rotatable bonds is 16. The van der Waals surface area contributed by atoms with E-state index in [-0.39, 0.29) is 77.2 Å². The first-order chi connectivity index (χ1) is 26.5. The van der Waals surface area contributed by atoms with Crippen LogP contribution in [-0.4, -0.2) is 100 Å². The molecule has 3 heterocycles. The van der Waals surface area contributed by atoms with Gasteiger partial charge in [0, 0.05) is 51.6 Å². The zero-order chi connectivity index (χ0) is 43.6. The Morgan fingerprint density at radius 3 is 1.33 bits per heavy atom. The zero-order valence-corrected chi connectivity index (χ0v) is 35.5. The molecule has 0 unspecified atom stereocenters. The van der Waals surface area contributed by atoms with Crippen LogP contribution in [0.4, 0.5) is 0 Å². The summed E-state index contributed by atoms with van der Waals surface area (Å²) in [6.07, 6.45) is 10.4. The Labute approximate surface area is 340 Å². The highest BCUT2D eigenvalue weighted by Crippen LogP contribution is 2.11. The fourth-order valence-corrected chi connectivity index (χ4v) is 3.75. The summed E-state index contributed by atoms with van der Waals surface area (Å²) in [4.78, 5) is 97.0. The summed E-state index contributed by atoms with van der Waals surface area (Å²) in [5.74, 6) is -1.07. The molecule has 57 heavy (non-hydrogen) atoms. The Morgan fingerprint density at radius 2 is 1.02 bits per heavy atom. The number of ether oxygens (including phenoxy) is 4. The van der Waals surface area contributed by atoms with Crippen molar-refractivity contribution >= 4 is 51.2 Å². The number of nitrogens with zero attached hydrogens (tertiary/aromatic N) is 5. The van der Waals surface area contributed by atoms with Crippen LogP contribution in [-0.2, 0) is 23.9 Å². The third kappa shape index (κ3) is 28.6. The van der Waals surface area contributed by atoms with Gasteiger partial charge in [-0.3, -0.25) is 33.6 Å². The van der Waals surface area contributed by atoms with Gasteiger partial charge in [0.15, 0.2) is 17.3 Å². The Hall–Kier alpha value is -5.46. The molecule has 0 aliphatic rings. The Kier molecular flexibility index (Phi) is 24.6. The molecule has 0 saturated heterocycles. The van der Waals surface area contributed by atoms with Crippen molar-refractivity contribution in [1.29, 1.82) is 0 Å². The predicted octanol–water partition coefficient (Wildman–Crippen LogP) is 5.58. The number of halogens is 1. The summed E-state index contributed by atoms with van der Waals surface area (Å²) in [6, 6.07) is 0. The molecule has 19 heteroatoms. The van der Waals surface area contributed by atoms with Crippen molar-refractivity contribution in [3.63, 3.8) is 0 Å². The van der Waals surface area contributed by atoms with Gasteiger partial charge < -0.3 is 29.0 Å². The maximum absolute atomic E-state index is 11.4. The number of aliphatic carboxylic acids is 1. The van der Waals surface area contributed by atoms with Crippen LogP contribution in [0.1, 0.15) is 132 Å². The standard InChI is InChI=1S/C14H20N2O4.C10H12N2O4.C8H15BrO2.C6H6N2O2/c1-10(17)11-8-16-12(9-15-11)19-7-5-6-13(18)20-14(2,3)4;1-7(13)8-5-12-9(6-11-8)16-4-2-3-10(14)15;1-8(2,3)11-7(10)5-4-6-9;1-4(9)5-2-8-6(10)3-7-5/h8-9H,5-7H2,1-4H3;5-6H,2-4H2,1H3,(H,14,15);4-6H2,1-3H3;2-3H,1H3,(H,8,10). The van der Waals surface area contributed by atoms with Crippen LogP contribution in [0.2, 0.25) is 0 Å². The van der Waals surface area contributed by atoms with Crippen LogP contribution in [0.3, 0.4) is 0 Å². The van der Waals surface area contributed by atoms with Crippen LogP contribution in [0, 0.1) is 0 Å². The van der Waals surface area contributed by atoms with E-state index < -0.39 is 11.6 Å². The van der Waals surface area contributed by atoms with E-state index in [1.54, 1.807) is 0 Å². The molecule has 0 bridgehead atoms. The number of Topliss-reactive ketones (excluding diaryl/α,β-unsaturated/α-hetero) is 3. The monoisotopic (exact) mass is 864 g/mol. The summed E-state index contributed by atoms with van der Waals surface area (Å²) in [5.41, 5.74) is -0.261. The first-order valence-corrected chi connectivity index (χ1v) is 18.8. The average Bonchev–Trinajstić information content (AvgIpc) is 3.11. The van der Waals surface area contributed by atoms with Gasteiger partial charge in [-0.1, -0.05) is 15.9 Å². The van der Waals surface area contributed by atoms with E-state index in [9.17, 15) is 33.6 Å². The first kappa shape index (κ1) is 51.5. The summed E-state index contributed by atoms with van der Waals surface area (Å²) in [7, 11) is 0. The Morgan fingerprint density at radius 1 is 0.614 bits per heavy atom. The molecule has 0 aliphatic heterocycles. The normalized spacial score (nSPS) is 10.4. The van der Waals surface area contributed by atoms with Gasteiger partial charge in [0.1, 0.15) is 28.3 Å². The summed E-state index contributed by atoms with van der Waals surface area (Å²) in [6.45, 7) is 15.9. The number of ketones is 3. The van der Waals surface area contributed by atoms with E-state index in [2.05, 4.69) is 45.8 Å². The van der Waals surface area contributed by atoms with Crippen molar-refractivity contribution in [3.05, 3.63) is 64.6 Å². The van der Waals surface area contributed by atoms with E-state index >= 15 is 0 Å². The van der Waals surface area contributed by atoms with Crippen LogP contribution < -0.4 is 15.0 Å². The number of carbonyl (C=O) groups is 6. The van der Waals surface area contributed by atoms with Gasteiger partial charge in [0.05, 0.1) is 44.2 Å². The molecule has 3 aromatic heterocycles. The number of hydrogen-bond acceptors (Lipinski definition) is 16. The first-order valence-electron chi connectivity index (χ1n) is 17.7. The summed E-state index contributed by atoms with van der Waals surface area (Å²) in [5, 5.41) is 9.24. The molecule has 3 aromatic rings. The van der Waals surface area contributed by atoms with E-state index in [0.29, 0.717) is 37.4 Å². The maximum atomic E-state index is 11.4. The largest absolute Gasteiger partial charge is 0.481 e. The number of nitrogens with one attached hydrogen (secondary N) is 1. The van der Waals surface area contributed by atoms with Gasteiger partial charge in [-0.2, -0.15) is 0 Å². The van der Waals surface area contributed by atoms with Gasteiger partial charge in [-0.05, 0) is 60.8 Å². The van der Waals surface area contributed by atoms with E-state index in [1.807, 2.05) is 41.5 Å². The molecule has 0 spiro atoms. The lowest BCUT2D eigenvalue weighted by atomic mass is 10.2. The molecular weight excluding hydrogens is 812 g/mol. The molecule has 0 fully saturated rings. The fraction of sp³-hybridized carbons (Fsp3) is 0.526. The second-order valence-corrected chi connectivity index (χ2v) is 14.5. The second kappa shape index (κ2) is 27.2. The lowest BCUT2D eigenvalue weighted by Gasteiger charge is -2.19. The van der Waals surface area contributed by atoms with Gasteiger partial charge in [-0.15, -0.1) is 0 Å². The van der Waals surface area contributed by atoms with Crippen molar-refractivity contribution in [2.75, 3.05) is 18.5 Å². The quantitative estimate of drug-likeness (QED) is 0.0771. The highest BCUT2D eigenvalue weighted by Gasteiger charge is 2.16.